The van der Waals surface area contributed by atoms with Crippen molar-refractivity contribution in [3.63, 3.8) is 0 Å². The molecule has 2 saturated carbocycles. The molecule has 0 amide bonds. The van der Waals surface area contributed by atoms with E-state index in [0.29, 0.717) is 12.0 Å². The van der Waals surface area contributed by atoms with E-state index in [0.717, 1.165) is 23.4 Å². The van der Waals surface area contributed by atoms with E-state index in [1.54, 1.807) is 0 Å². The highest BCUT2D eigenvalue weighted by atomic mass is 15.1. The Labute approximate surface area is 121 Å². The Hall–Kier alpha value is -1.32. The second-order valence-corrected chi connectivity index (χ2v) is 6.30. The van der Waals surface area contributed by atoms with Crippen LogP contribution in [0, 0.1) is 5.92 Å². The summed E-state index contributed by atoms with van der Waals surface area (Å²) in [7, 11) is 1.93. The zero-order valence-electron chi connectivity index (χ0n) is 12.7. The summed E-state index contributed by atoms with van der Waals surface area (Å²) in [5.74, 6) is 4.44. The van der Waals surface area contributed by atoms with Crippen LogP contribution in [0.25, 0.3) is 0 Å². The van der Waals surface area contributed by atoms with Crippen molar-refractivity contribution < 1.29 is 0 Å². The van der Waals surface area contributed by atoms with Crippen LogP contribution >= 0.6 is 0 Å². The van der Waals surface area contributed by atoms with Crippen molar-refractivity contribution >= 4 is 11.6 Å². The lowest BCUT2D eigenvalue weighted by Crippen LogP contribution is -2.27. The minimum absolute atomic E-state index is 0.584. The summed E-state index contributed by atoms with van der Waals surface area (Å²) in [6, 6.07) is 2.63. The van der Waals surface area contributed by atoms with Crippen molar-refractivity contribution in [1.82, 2.24) is 9.97 Å². The monoisotopic (exact) mass is 274 g/mol. The van der Waals surface area contributed by atoms with Gasteiger partial charge in [-0.25, -0.2) is 9.97 Å². The van der Waals surface area contributed by atoms with Gasteiger partial charge in [0.25, 0.3) is 0 Å². The van der Waals surface area contributed by atoms with Crippen molar-refractivity contribution in [1.29, 1.82) is 0 Å². The summed E-state index contributed by atoms with van der Waals surface area (Å²) >= 11 is 0. The number of nitrogens with zero attached hydrogens (tertiary/aromatic N) is 2. The van der Waals surface area contributed by atoms with Gasteiger partial charge in [0.1, 0.15) is 17.5 Å². The van der Waals surface area contributed by atoms with E-state index in [9.17, 15) is 0 Å². The highest BCUT2D eigenvalue weighted by Gasteiger charge is 2.28. The Morgan fingerprint density at radius 3 is 2.65 bits per heavy atom. The fourth-order valence-electron chi connectivity index (χ4n) is 3.19. The number of hydrogen-bond donors (Lipinski definition) is 2. The minimum atomic E-state index is 0.584. The zero-order valence-corrected chi connectivity index (χ0v) is 12.7. The van der Waals surface area contributed by atoms with Gasteiger partial charge in [0.15, 0.2) is 0 Å². The fourth-order valence-corrected chi connectivity index (χ4v) is 3.19. The molecule has 4 nitrogen and oxygen atoms in total. The lowest BCUT2D eigenvalue weighted by molar-refractivity contribution is 0.327. The summed E-state index contributed by atoms with van der Waals surface area (Å²) in [5.41, 5.74) is 0. The van der Waals surface area contributed by atoms with E-state index >= 15 is 0 Å². The lowest BCUT2D eigenvalue weighted by atomic mass is 9.84. The van der Waals surface area contributed by atoms with Crippen molar-refractivity contribution in [2.45, 2.75) is 63.8 Å². The van der Waals surface area contributed by atoms with Gasteiger partial charge in [-0.15, -0.1) is 0 Å². The predicted molar refractivity (Wildman–Crippen MR) is 83.2 cm³/mol. The molecule has 20 heavy (non-hydrogen) atoms. The highest BCUT2D eigenvalue weighted by Crippen LogP contribution is 2.39. The van der Waals surface area contributed by atoms with E-state index in [2.05, 4.69) is 22.5 Å². The second kappa shape index (κ2) is 5.98. The average molecular weight is 274 g/mol. The molecule has 0 saturated heterocycles. The molecule has 2 fully saturated rings. The van der Waals surface area contributed by atoms with Crippen LogP contribution in [0.4, 0.5) is 11.6 Å². The fraction of sp³-hybridized carbons (Fsp3) is 0.750. The maximum atomic E-state index is 4.73. The van der Waals surface area contributed by atoms with Crippen LogP contribution < -0.4 is 10.6 Å². The Kier molecular flexibility index (Phi) is 4.08. The third-order valence-corrected chi connectivity index (χ3v) is 4.65. The molecule has 1 aromatic rings. The van der Waals surface area contributed by atoms with Crippen molar-refractivity contribution in [3.05, 3.63) is 11.9 Å². The molecule has 2 aliphatic carbocycles. The summed E-state index contributed by atoms with van der Waals surface area (Å²) in [4.78, 5) is 9.30. The van der Waals surface area contributed by atoms with E-state index in [1.807, 2.05) is 13.1 Å². The molecule has 0 bridgehead atoms. The first-order chi connectivity index (χ1) is 9.78. The SMILES string of the molecule is CCC1CCCC(Nc2cc(NC)nc(C3CC3)n2)C1. The van der Waals surface area contributed by atoms with E-state index in [4.69, 9.17) is 4.98 Å². The molecule has 2 aliphatic rings. The molecule has 4 heteroatoms. The molecule has 0 aliphatic heterocycles. The van der Waals surface area contributed by atoms with Gasteiger partial charge in [0.05, 0.1) is 0 Å². The van der Waals surface area contributed by atoms with Crippen molar-refractivity contribution in [3.8, 4) is 0 Å². The van der Waals surface area contributed by atoms with E-state index in [1.165, 1.54) is 44.9 Å². The van der Waals surface area contributed by atoms with Crippen LogP contribution in [0.5, 0.6) is 0 Å². The first kappa shape index (κ1) is 13.7. The quantitative estimate of drug-likeness (QED) is 0.858. The largest absolute Gasteiger partial charge is 0.373 e. The predicted octanol–water partition coefficient (Wildman–Crippen LogP) is 3.78. The van der Waals surface area contributed by atoms with Crippen LogP contribution in [0.2, 0.25) is 0 Å². The van der Waals surface area contributed by atoms with Crippen LogP contribution in [0.1, 0.15) is 63.6 Å². The average Bonchev–Trinajstić information content (AvgIpc) is 3.31. The first-order valence-electron chi connectivity index (χ1n) is 8.11. The molecule has 0 radical (unpaired) electrons. The first-order valence-corrected chi connectivity index (χ1v) is 8.11. The maximum absolute atomic E-state index is 4.73. The Bertz CT molecular complexity index is 456. The molecule has 2 N–H and O–H groups in total. The van der Waals surface area contributed by atoms with Gasteiger partial charge < -0.3 is 10.6 Å². The van der Waals surface area contributed by atoms with Gasteiger partial charge in [-0.2, -0.15) is 0 Å². The molecule has 2 atom stereocenters. The van der Waals surface area contributed by atoms with Crippen molar-refractivity contribution in [2.24, 2.45) is 5.92 Å². The molecule has 1 heterocycles. The summed E-state index contributed by atoms with van der Waals surface area (Å²) in [6.07, 6.45) is 9.09. The normalized spacial score (nSPS) is 26.3. The molecular formula is C16H26N4. The van der Waals surface area contributed by atoms with Crippen LogP contribution in [0.3, 0.4) is 0 Å². The van der Waals surface area contributed by atoms with Crippen LogP contribution in [0.15, 0.2) is 6.07 Å². The highest BCUT2D eigenvalue weighted by molar-refractivity contribution is 5.48. The number of rotatable bonds is 5. The van der Waals surface area contributed by atoms with Crippen molar-refractivity contribution in [2.75, 3.05) is 17.7 Å². The number of nitrogens with one attached hydrogen (secondary N) is 2. The maximum Gasteiger partial charge on any atom is 0.136 e. The summed E-state index contributed by atoms with van der Waals surface area (Å²) in [5, 5.41) is 6.81. The zero-order chi connectivity index (χ0) is 13.9. The Balaban J connectivity index is 1.71. The second-order valence-electron chi connectivity index (χ2n) is 6.30. The van der Waals surface area contributed by atoms with Gasteiger partial charge in [0.2, 0.25) is 0 Å². The molecule has 3 rings (SSSR count). The number of aromatic nitrogens is 2. The number of hydrogen-bond acceptors (Lipinski definition) is 4. The van der Waals surface area contributed by atoms with E-state index in [-0.39, 0.29) is 0 Å². The summed E-state index contributed by atoms with van der Waals surface area (Å²) < 4.78 is 0. The van der Waals surface area contributed by atoms with Gasteiger partial charge in [-0.1, -0.05) is 26.2 Å². The molecule has 1 aromatic heterocycles. The molecule has 110 valence electrons. The Morgan fingerprint density at radius 1 is 1.15 bits per heavy atom. The topological polar surface area (TPSA) is 49.8 Å². The molecule has 0 spiro atoms. The smallest absolute Gasteiger partial charge is 0.136 e. The van der Waals surface area contributed by atoms with Crippen LogP contribution in [-0.2, 0) is 0 Å². The Morgan fingerprint density at radius 2 is 1.95 bits per heavy atom. The number of anilines is 2. The molecule has 2 unspecified atom stereocenters. The third kappa shape index (κ3) is 3.22. The third-order valence-electron chi connectivity index (χ3n) is 4.65. The standard InChI is InChI=1S/C16H26N4/c1-3-11-5-4-6-13(9-11)18-15-10-14(17-2)19-16(20-15)12-7-8-12/h10-13H,3-9H2,1-2H3,(H2,17,18,19,20). The van der Waals surface area contributed by atoms with Crippen LogP contribution in [-0.4, -0.2) is 23.1 Å². The summed E-state index contributed by atoms with van der Waals surface area (Å²) in [6.45, 7) is 2.31. The van der Waals surface area contributed by atoms with Gasteiger partial charge in [-0.3, -0.25) is 0 Å². The van der Waals surface area contributed by atoms with Gasteiger partial charge in [-0.05, 0) is 31.6 Å². The van der Waals surface area contributed by atoms with Gasteiger partial charge in [0, 0.05) is 25.1 Å². The lowest BCUT2D eigenvalue weighted by Gasteiger charge is -2.29. The molecular weight excluding hydrogens is 248 g/mol. The molecule has 0 aromatic carbocycles. The van der Waals surface area contributed by atoms with E-state index < -0.39 is 0 Å². The van der Waals surface area contributed by atoms with Gasteiger partial charge >= 0.3 is 0 Å². The minimum Gasteiger partial charge on any atom is -0.373 e.